The first-order valence-electron chi connectivity index (χ1n) is 8.74. The predicted molar refractivity (Wildman–Crippen MR) is 128 cm³/mol. The van der Waals surface area contributed by atoms with E-state index in [0.29, 0.717) is 6.54 Å². The van der Waals surface area contributed by atoms with Gasteiger partial charge in [-0.15, -0.1) is 24.2 Å². The van der Waals surface area contributed by atoms with Crippen molar-refractivity contribution in [3.05, 3.63) is 52.5 Å². The highest BCUT2D eigenvalue weighted by Crippen LogP contribution is 2.32. The second-order valence-corrected chi connectivity index (χ2v) is 9.53. The van der Waals surface area contributed by atoms with E-state index in [4.69, 9.17) is 4.98 Å². The number of benzene rings is 2. The third-order valence-electron chi connectivity index (χ3n) is 4.00. The van der Waals surface area contributed by atoms with Gasteiger partial charge < -0.3 is 4.90 Å². The van der Waals surface area contributed by atoms with Gasteiger partial charge in [-0.3, -0.25) is 9.69 Å². The summed E-state index contributed by atoms with van der Waals surface area (Å²) in [6.07, 6.45) is 0. The van der Waals surface area contributed by atoms with Crippen LogP contribution in [0.1, 0.15) is 17.3 Å². The number of thioether (sulfide) groups is 1. The molecular formula is C20H23BrClN3OS2. The number of amides is 1. The Kier molecular flexibility index (Phi) is 8.77. The van der Waals surface area contributed by atoms with Crippen molar-refractivity contribution in [2.24, 2.45) is 0 Å². The van der Waals surface area contributed by atoms with Crippen molar-refractivity contribution >= 4 is 72.7 Å². The highest BCUT2D eigenvalue weighted by molar-refractivity contribution is 9.10. The zero-order chi connectivity index (χ0) is 19.4. The number of thiazole rings is 1. The smallest absolute Gasteiger partial charge is 0.261 e. The summed E-state index contributed by atoms with van der Waals surface area (Å²) >= 11 is 6.76. The zero-order valence-corrected chi connectivity index (χ0v) is 20.1. The molecule has 3 aromatic rings. The molecule has 0 saturated heterocycles. The maximum absolute atomic E-state index is 13.4. The van der Waals surface area contributed by atoms with Crippen LogP contribution in [0, 0.1) is 0 Å². The van der Waals surface area contributed by atoms with E-state index in [9.17, 15) is 4.79 Å². The number of fused-ring (bicyclic) bond motifs is 1. The summed E-state index contributed by atoms with van der Waals surface area (Å²) in [5.74, 6) is 0.934. The Bertz CT molecular complexity index is 948. The third-order valence-corrected chi connectivity index (χ3v) is 6.49. The molecule has 8 heteroatoms. The Morgan fingerprint density at radius 1 is 1.18 bits per heavy atom. The van der Waals surface area contributed by atoms with E-state index in [0.717, 1.165) is 42.6 Å². The number of anilines is 1. The molecular weight excluding hydrogens is 478 g/mol. The number of nitrogens with zero attached hydrogens (tertiary/aromatic N) is 3. The molecule has 1 aromatic heterocycles. The van der Waals surface area contributed by atoms with Gasteiger partial charge in [-0.05, 0) is 50.2 Å². The van der Waals surface area contributed by atoms with Gasteiger partial charge in [0, 0.05) is 22.5 Å². The van der Waals surface area contributed by atoms with E-state index in [-0.39, 0.29) is 18.3 Å². The number of rotatable bonds is 7. The fourth-order valence-corrected chi connectivity index (χ4v) is 4.99. The van der Waals surface area contributed by atoms with Gasteiger partial charge in [0.15, 0.2) is 5.13 Å². The Balaban J connectivity index is 0.00000280. The SMILES string of the molecule is CCSc1ccccc1C(=O)N(CCN(C)C)c1nc2ccc(Br)cc2s1.Cl. The van der Waals surface area contributed by atoms with Crippen molar-refractivity contribution in [2.45, 2.75) is 11.8 Å². The topological polar surface area (TPSA) is 36.4 Å². The van der Waals surface area contributed by atoms with Gasteiger partial charge in [-0.2, -0.15) is 0 Å². The minimum atomic E-state index is 0. The van der Waals surface area contributed by atoms with Gasteiger partial charge in [-0.1, -0.05) is 46.3 Å². The molecule has 0 fully saturated rings. The van der Waals surface area contributed by atoms with Crippen LogP contribution in [0.15, 0.2) is 51.8 Å². The first-order valence-corrected chi connectivity index (χ1v) is 11.3. The molecule has 0 aliphatic carbocycles. The maximum Gasteiger partial charge on any atom is 0.261 e. The molecule has 4 nitrogen and oxygen atoms in total. The molecule has 2 aromatic carbocycles. The van der Waals surface area contributed by atoms with Crippen molar-refractivity contribution in [3.63, 3.8) is 0 Å². The monoisotopic (exact) mass is 499 g/mol. The van der Waals surface area contributed by atoms with E-state index in [1.54, 1.807) is 23.1 Å². The van der Waals surface area contributed by atoms with Gasteiger partial charge in [-0.25, -0.2) is 4.98 Å². The van der Waals surface area contributed by atoms with E-state index in [1.807, 2.05) is 61.5 Å². The van der Waals surface area contributed by atoms with Crippen LogP contribution in [0.4, 0.5) is 5.13 Å². The summed E-state index contributed by atoms with van der Waals surface area (Å²) in [7, 11) is 4.03. The van der Waals surface area contributed by atoms with Crippen molar-refractivity contribution in [1.29, 1.82) is 0 Å². The summed E-state index contributed by atoms with van der Waals surface area (Å²) in [6, 6.07) is 13.8. The molecule has 0 N–H and O–H groups in total. The minimum absolute atomic E-state index is 0. The Morgan fingerprint density at radius 2 is 1.93 bits per heavy atom. The van der Waals surface area contributed by atoms with Gasteiger partial charge in [0.1, 0.15) is 0 Å². The summed E-state index contributed by atoms with van der Waals surface area (Å²) < 4.78 is 2.08. The standard InChI is InChI=1S/C20H22BrN3OS2.ClH/c1-4-26-17-8-6-5-7-15(17)19(25)24(12-11-23(2)3)20-22-16-10-9-14(21)13-18(16)27-20;/h5-10,13H,4,11-12H2,1-3H3;1H. The summed E-state index contributed by atoms with van der Waals surface area (Å²) in [5, 5.41) is 0.742. The lowest BCUT2D eigenvalue weighted by atomic mass is 10.2. The number of likely N-dealkylation sites (N-methyl/N-ethyl adjacent to an activating group) is 1. The van der Waals surface area contributed by atoms with Gasteiger partial charge in [0.05, 0.1) is 15.8 Å². The molecule has 0 aliphatic heterocycles. The van der Waals surface area contributed by atoms with E-state index >= 15 is 0 Å². The second kappa shape index (κ2) is 10.6. The lowest BCUT2D eigenvalue weighted by molar-refractivity contribution is 0.0982. The van der Waals surface area contributed by atoms with Crippen LogP contribution in [-0.2, 0) is 0 Å². The summed E-state index contributed by atoms with van der Waals surface area (Å²) in [6.45, 7) is 3.47. The first-order chi connectivity index (χ1) is 13.0. The number of hydrogen-bond acceptors (Lipinski definition) is 5. The minimum Gasteiger partial charge on any atom is -0.308 e. The largest absolute Gasteiger partial charge is 0.308 e. The van der Waals surface area contributed by atoms with E-state index in [2.05, 4.69) is 27.8 Å². The molecule has 0 unspecified atom stereocenters. The number of carbonyl (C=O) groups excluding carboxylic acids is 1. The molecule has 0 atom stereocenters. The second-order valence-electron chi connectivity index (χ2n) is 6.30. The molecule has 0 spiro atoms. The van der Waals surface area contributed by atoms with Crippen LogP contribution in [0.5, 0.6) is 0 Å². The van der Waals surface area contributed by atoms with E-state index < -0.39 is 0 Å². The normalized spacial score (nSPS) is 10.9. The van der Waals surface area contributed by atoms with Crippen LogP contribution in [-0.4, -0.2) is 48.7 Å². The number of halogens is 2. The summed E-state index contributed by atoms with van der Waals surface area (Å²) in [4.78, 5) is 23.1. The van der Waals surface area contributed by atoms with E-state index in [1.165, 1.54) is 0 Å². The maximum atomic E-state index is 13.4. The fraction of sp³-hybridized carbons (Fsp3) is 0.300. The average Bonchev–Trinajstić information content (AvgIpc) is 3.05. The van der Waals surface area contributed by atoms with Crippen LogP contribution < -0.4 is 4.90 Å². The average molecular weight is 501 g/mol. The molecule has 28 heavy (non-hydrogen) atoms. The van der Waals surface area contributed by atoms with Gasteiger partial charge in [0.2, 0.25) is 0 Å². The number of carbonyl (C=O) groups is 1. The quantitative estimate of drug-likeness (QED) is 0.384. The molecule has 150 valence electrons. The van der Waals surface area contributed by atoms with Crippen LogP contribution in [0.3, 0.4) is 0 Å². The summed E-state index contributed by atoms with van der Waals surface area (Å²) in [5.41, 5.74) is 1.65. The van der Waals surface area contributed by atoms with Crippen LogP contribution in [0.25, 0.3) is 10.2 Å². The van der Waals surface area contributed by atoms with Crippen molar-refractivity contribution in [2.75, 3.05) is 37.8 Å². The van der Waals surface area contributed by atoms with Crippen molar-refractivity contribution in [1.82, 2.24) is 9.88 Å². The predicted octanol–water partition coefficient (Wildman–Crippen LogP) is 5.80. The van der Waals surface area contributed by atoms with Crippen LogP contribution in [0.2, 0.25) is 0 Å². The number of aromatic nitrogens is 1. The molecule has 1 heterocycles. The highest BCUT2D eigenvalue weighted by atomic mass is 79.9. The lowest BCUT2D eigenvalue weighted by Gasteiger charge is -2.23. The molecule has 3 rings (SSSR count). The van der Waals surface area contributed by atoms with Gasteiger partial charge in [0.25, 0.3) is 5.91 Å². The molecule has 0 radical (unpaired) electrons. The molecule has 1 amide bonds. The molecule has 0 saturated carbocycles. The highest BCUT2D eigenvalue weighted by Gasteiger charge is 2.23. The van der Waals surface area contributed by atoms with Gasteiger partial charge >= 0.3 is 0 Å². The molecule has 0 bridgehead atoms. The van der Waals surface area contributed by atoms with Crippen molar-refractivity contribution in [3.8, 4) is 0 Å². The zero-order valence-electron chi connectivity index (χ0n) is 16.0. The first kappa shape index (κ1) is 23.2. The van der Waals surface area contributed by atoms with Crippen LogP contribution >= 0.6 is 51.4 Å². The number of hydrogen-bond donors (Lipinski definition) is 0. The third kappa shape index (κ3) is 5.48. The lowest BCUT2D eigenvalue weighted by Crippen LogP contribution is -2.37. The Labute approximate surface area is 188 Å². The molecule has 0 aliphatic rings. The van der Waals surface area contributed by atoms with Crippen molar-refractivity contribution < 1.29 is 4.79 Å². The Morgan fingerprint density at radius 3 is 2.64 bits per heavy atom. The fourth-order valence-electron chi connectivity index (χ4n) is 2.66. The Hall–Kier alpha value is -1.12.